The molecule has 0 radical (unpaired) electrons. The van der Waals surface area contributed by atoms with E-state index < -0.39 is 0 Å². The van der Waals surface area contributed by atoms with Crippen LogP contribution in [0.2, 0.25) is 5.02 Å². The molecule has 1 aromatic carbocycles. The Hall–Kier alpha value is -0.730. The van der Waals surface area contributed by atoms with Gasteiger partial charge in [0.1, 0.15) is 18.0 Å². The third kappa shape index (κ3) is 2.36. The van der Waals surface area contributed by atoms with E-state index in [1.54, 1.807) is 0 Å². The van der Waals surface area contributed by atoms with Crippen LogP contribution < -0.4 is 4.74 Å². The summed E-state index contributed by atoms with van der Waals surface area (Å²) in [6.07, 6.45) is 0.400. The predicted octanol–water partition coefficient (Wildman–Crippen LogP) is 2.51. The molecule has 1 saturated heterocycles. The zero-order valence-corrected chi connectivity index (χ0v) is 8.12. The molecular formula is C10H11ClO2. The summed E-state index contributed by atoms with van der Waals surface area (Å²) in [4.78, 5) is 0. The van der Waals surface area contributed by atoms with Crippen LogP contribution in [0.4, 0.5) is 0 Å². The minimum absolute atomic E-state index is 0.126. The Morgan fingerprint density at radius 1 is 1.46 bits per heavy atom. The molecule has 2 rings (SSSR count). The van der Waals surface area contributed by atoms with E-state index >= 15 is 0 Å². The molecule has 3 heteroatoms. The van der Waals surface area contributed by atoms with Crippen molar-refractivity contribution in [3.8, 4) is 5.75 Å². The topological polar surface area (TPSA) is 21.8 Å². The normalized spacial score (nSPS) is 22.5. The van der Waals surface area contributed by atoms with Crippen molar-refractivity contribution in [2.24, 2.45) is 0 Å². The lowest BCUT2D eigenvalue weighted by atomic mass is 10.3. The molecule has 70 valence electrons. The summed E-state index contributed by atoms with van der Waals surface area (Å²) in [5.41, 5.74) is 0. The zero-order chi connectivity index (χ0) is 9.26. The molecule has 0 bridgehead atoms. The molecule has 1 aliphatic heterocycles. The maximum Gasteiger partial charge on any atom is 0.124 e. The summed E-state index contributed by atoms with van der Waals surface area (Å²) < 4.78 is 10.7. The van der Waals surface area contributed by atoms with E-state index in [0.29, 0.717) is 0 Å². The first-order valence-corrected chi connectivity index (χ1v) is 4.67. The van der Waals surface area contributed by atoms with Gasteiger partial charge in [0.25, 0.3) is 0 Å². The molecule has 0 amide bonds. The molecule has 1 aliphatic rings. The molecule has 0 N–H and O–H groups in total. The van der Waals surface area contributed by atoms with Crippen molar-refractivity contribution < 1.29 is 9.47 Å². The standard InChI is InChI=1S/C10H11ClO2/c1-7(10-6-12-10)13-9-4-2-8(11)3-5-9/h2-5,7,10H,6H2,1H3. The molecule has 2 unspecified atom stereocenters. The molecule has 1 aromatic rings. The largest absolute Gasteiger partial charge is 0.488 e. The first kappa shape index (κ1) is 8.85. The van der Waals surface area contributed by atoms with Gasteiger partial charge in [0.05, 0.1) is 6.61 Å². The highest BCUT2D eigenvalue weighted by Gasteiger charge is 2.30. The smallest absolute Gasteiger partial charge is 0.124 e. The van der Waals surface area contributed by atoms with Gasteiger partial charge in [0.2, 0.25) is 0 Å². The summed E-state index contributed by atoms with van der Waals surface area (Å²) in [6, 6.07) is 7.36. The molecule has 0 aliphatic carbocycles. The summed E-state index contributed by atoms with van der Waals surface area (Å²) >= 11 is 5.74. The lowest BCUT2D eigenvalue weighted by molar-refractivity contribution is 0.176. The van der Waals surface area contributed by atoms with Crippen LogP contribution in [0.15, 0.2) is 24.3 Å². The van der Waals surface area contributed by atoms with Crippen molar-refractivity contribution in [2.45, 2.75) is 19.1 Å². The highest BCUT2D eigenvalue weighted by atomic mass is 35.5. The van der Waals surface area contributed by atoms with Gasteiger partial charge in [-0.2, -0.15) is 0 Å². The molecule has 0 saturated carbocycles. The van der Waals surface area contributed by atoms with E-state index in [0.717, 1.165) is 17.4 Å². The van der Waals surface area contributed by atoms with Gasteiger partial charge in [-0.25, -0.2) is 0 Å². The SMILES string of the molecule is CC(Oc1ccc(Cl)cc1)C1CO1. The van der Waals surface area contributed by atoms with E-state index in [1.807, 2.05) is 31.2 Å². The molecule has 2 nitrogen and oxygen atoms in total. The fourth-order valence-electron chi connectivity index (χ4n) is 1.13. The number of epoxide rings is 1. The number of rotatable bonds is 3. The predicted molar refractivity (Wildman–Crippen MR) is 51.3 cm³/mol. The first-order valence-electron chi connectivity index (χ1n) is 4.29. The van der Waals surface area contributed by atoms with Gasteiger partial charge < -0.3 is 9.47 Å². The van der Waals surface area contributed by atoms with Crippen LogP contribution in [0.25, 0.3) is 0 Å². The van der Waals surface area contributed by atoms with Crippen LogP contribution in [-0.2, 0) is 4.74 Å². The fourth-order valence-corrected chi connectivity index (χ4v) is 1.26. The summed E-state index contributed by atoms with van der Waals surface area (Å²) in [5.74, 6) is 0.840. The highest BCUT2D eigenvalue weighted by Crippen LogP contribution is 2.21. The summed E-state index contributed by atoms with van der Waals surface area (Å²) in [7, 11) is 0. The minimum atomic E-state index is 0.126. The number of hydrogen-bond donors (Lipinski definition) is 0. The van der Waals surface area contributed by atoms with Gasteiger partial charge in [0, 0.05) is 5.02 Å². The maximum atomic E-state index is 5.74. The Morgan fingerprint density at radius 2 is 2.08 bits per heavy atom. The van der Waals surface area contributed by atoms with E-state index in [-0.39, 0.29) is 12.2 Å². The van der Waals surface area contributed by atoms with Crippen molar-refractivity contribution in [3.63, 3.8) is 0 Å². The summed E-state index contributed by atoms with van der Waals surface area (Å²) in [6.45, 7) is 2.82. The Kier molecular flexibility index (Phi) is 2.42. The van der Waals surface area contributed by atoms with Crippen molar-refractivity contribution in [3.05, 3.63) is 29.3 Å². The Bertz CT molecular complexity index is 279. The van der Waals surface area contributed by atoms with Crippen molar-refractivity contribution in [1.29, 1.82) is 0 Å². The number of benzene rings is 1. The molecular weight excluding hydrogens is 188 g/mol. The van der Waals surface area contributed by atoms with E-state index in [9.17, 15) is 0 Å². The Morgan fingerprint density at radius 3 is 2.62 bits per heavy atom. The van der Waals surface area contributed by atoms with Crippen molar-refractivity contribution in [2.75, 3.05) is 6.61 Å². The molecule has 1 fully saturated rings. The first-order chi connectivity index (χ1) is 6.25. The molecule has 0 aromatic heterocycles. The van der Waals surface area contributed by atoms with Crippen LogP contribution in [0.5, 0.6) is 5.75 Å². The molecule has 2 atom stereocenters. The molecule has 0 spiro atoms. The van der Waals surface area contributed by atoms with Crippen molar-refractivity contribution in [1.82, 2.24) is 0 Å². The van der Waals surface area contributed by atoms with Gasteiger partial charge >= 0.3 is 0 Å². The van der Waals surface area contributed by atoms with Crippen LogP contribution in [-0.4, -0.2) is 18.8 Å². The second kappa shape index (κ2) is 3.56. The van der Waals surface area contributed by atoms with Gasteiger partial charge in [0.15, 0.2) is 0 Å². The monoisotopic (exact) mass is 198 g/mol. The van der Waals surface area contributed by atoms with E-state index in [4.69, 9.17) is 21.1 Å². The number of hydrogen-bond acceptors (Lipinski definition) is 2. The third-order valence-corrected chi connectivity index (χ3v) is 2.27. The second-order valence-electron chi connectivity index (χ2n) is 3.15. The Labute approximate surface area is 82.4 Å². The van der Waals surface area contributed by atoms with Gasteiger partial charge in [-0.05, 0) is 31.2 Å². The summed E-state index contributed by atoms with van der Waals surface area (Å²) in [5, 5.41) is 0.725. The molecule has 1 heterocycles. The second-order valence-corrected chi connectivity index (χ2v) is 3.59. The quantitative estimate of drug-likeness (QED) is 0.697. The van der Waals surface area contributed by atoms with Crippen LogP contribution in [0.1, 0.15) is 6.92 Å². The average molecular weight is 199 g/mol. The van der Waals surface area contributed by atoms with Crippen LogP contribution >= 0.6 is 11.6 Å². The van der Waals surface area contributed by atoms with Gasteiger partial charge in [-0.15, -0.1) is 0 Å². The van der Waals surface area contributed by atoms with Crippen LogP contribution in [0, 0.1) is 0 Å². The Balaban J connectivity index is 1.96. The maximum absolute atomic E-state index is 5.74. The number of ether oxygens (including phenoxy) is 2. The number of halogens is 1. The average Bonchev–Trinajstić information content (AvgIpc) is 2.91. The zero-order valence-electron chi connectivity index (χ0n) is 7.37. The van der Waals surface area contributed by atoms with Gasteiger partial charge in [-0.1, -0.05) is 11.6 Å². The van der Waals surface area contributed by atoms with Crippen LogP contribution in [0.3, 0.4) is 0 Å². The van der Waals surface area contributed by atoms with E-state index in [1.165, 1.54) is 0 Å². The molecule has 13 heavy (non-hydrogen) atoms. The lowest BCUT2D eigenvalue weighted by Gasteiger charge is -2.11. The fraction of sp³-hybridized carbons (Fsp3) is 0.400. The lowest BCUT2D eigenvalue weighted by Crippen LogP contribution is -2.18. The third-order valence-electron chi connectivity index (χ3n) is 2.02. The van der Waals surface area contributed by atoms with Gasteiger partial charge in [-0.3, -0.25) is 0 Å². The van der Waals surface area contributed by atoms with E-state index in [2.05, 4.69) is 0 Å². The highest BCUT2D eigenvalue weighted by molar-refractivity contribution is 6.30. The van der Waals surface area contributed by atoms with Crippen molar-refractivity contribution >= 4 is 11.6 Å². The minimum Gasteiger partial charge on any atom is -0.488 e.